The number of hydrogen-bond acceptors (Lipinski definition) is 5. The van der Waals surface area contributed by atoms with E-state index in [1.54, 1.807) is 4.90 Å². The number of hydrogen-bond donors (Lipinski definition) is 2. The van der Waals surface area contributed by atoms with Gasteiger partial charge in [0, 0.05) is 16.8 Å². The molecule has 0 atom stereocenters. The molecule has 3 aromatic rings. The summed E-state index contributed by atoms with van der Waals surface area (Å²) in [6.45, 7) is 0.0214. The van der Waals surface area contributed by atoms with Crippen LogP contribution in [-0.4, -0.2) is 51.9 Å². The fourth-order valence-corrected chi connectivity index (χ4v) is 6.73. The molecule has 2 aliphatic heterocycles. The number of aliphatic imine (C=N–C) groups is 2. The lowest BCUT2D eigenvalue weighted by Gasteiger charge is -2.38. The second-order valence-electron chi connectivity index (χ2n) is 12.0. The van der Waals surface area contributed by atoms with Gasteiger partial charge in [-0.3, -0.25) is 24.4 Å². The molecule has 3 amide bonds. The highest BCUT2D eigenvalue weighted by Crippen LogP contribution is 2.39. The third-order valence-electron chi connectivity index (χ3n) is 8.95. The van der Waals surface area contributed by atoms with Crippen LogP contribution in [0, 0.1) is 0 Å². The average Bonchev–Trinajstić information content (AvgIpc) is 3.52. The number of amides is 3. The molecule has 8 nitrogen and oxygen atoms in total. The molecule has 8 heteroatoms. The Hall–Kier alpha value is -4.59. The topological polar surface area (TPSA) is 103 Å². The molecule has 4 aliphatic rings. The summed E-state index contributed by atoms with van der Waals surface area (Å²) in [5, 5.41) is 5.96. The zero-order valence-corrected chi connectivity index (χ0v) is 25.0. The molecule has 3 aromatic carbocycles. The van der Waals surface area contributed by atoms with Crippen LogP contribution in [0.3, 0.4) is 0 Å². The Kier molecular flexibility index (Phi) is 8.68. The van der Waals surface area contributed by atoms with E-state index in [2.05, 4.69) is 15.6 Å². The molecule has 226 valence electrons. The third-order valence-corrected chi connectivity index (χ3v) is 8.95. The summed E-state index contributed by atoms with van der Waals surface area (Å²) in [7, 11) is 0. The lowest BCUT2D eigenvalue weighted by molar-refractivity contribution is -0.134. The molecule has 0 aromatic heterocycles. The standard InChI is InChI=1S/C22H23N3O2.C14H16N2O/c26-19(23-18-12-6-2-7-13-18)16-25-21(27)20(17-10-4-1-5-11-17)24-22(25)14-8-3-9-15-22;17-13-12(11-7-3-1-4-8-11)15-14(16-13)9-5-2-6-10-14/h1-2,4-7,10-13H,3,8-9,14-16H2,(H,23,26);1,3-4,7-8H,2,5-6,9-10H2,(H,16,17). The predicted octanol–water partition coefficient (Wildman–Crippen LogP) is 5.88. The van der Waals surface area contributed by atoms with Gasteiger partial charge in [0.15, 0.2) is 0 Å². The quantitative estimate of drug-likeness (QED) is 0.388. The van der Waals surface area contributed by atoms with Crippen LogP contribution in [0.2, 0.25) is 0 Å². The summed E-state index contributed by atoms with van der Waals surface area (Å²) < 4.78 is 0. The van der Waals surface area contributed by atoms with Crippen molar-refractivity contribution >= 4 is 34.8 Å². The molecule has 7 rings (SSSR count). The highest BCUT2D eigenvalue weighted by Gasteiger charge is 2.48. The van der Waals surface area contributed by atoms with E-state index in [9.17, 15) is 14.4 Å². The van der Waals surface area contributed by atoms with Crippen LogP contribution in [-0.2, 0) is 14.4 Å². The van der Waals surface area contributed by atoms with Crippen molar-refractivity contribution in [3.05, 3.63) is 102 Å². The summed E-state index contributed by atoms with van der Waals surface area (Å²) in [5.74, 6) is -0.353. The summed E-state index contributed by atoms with van der Waals surface area (Å²) in [4.78, 5) is 49.1. The SMILES string of the molecule is O=C(CN1C(=O)C(c2ccccc2)=NC12CCCCC2)Nc1ccccc1.O=C1NC2(CCCCC2)N=C1c1ccccc1. The normalized spacial score (nSPS) is 20.0. The number of para-hydroxylation sites is 1. The number of anilines is 1. The smallest absolute Gasteiger partial charge is 0.275 e. The molecular formula is C36H39N5O3. The Morgan fingerprint density at radius 2 is 1.20 bits per heavy atom. The Bertz CT molecular complexity index is 1540. The lowest BCUT2D eigenvalue weighted by atomic mass is 9.88. The molecule has 2 N–H and O–H groups in total. The zero-order valence-electron chi connectivity index (χ0n) is 25.0. The molecular weight excluding hydrogens is 550 g/mol. The van der Waals surface area contributed by atoms with Crippen molar-refractivity contribution < 1.29 is 14.4 Å². The first kappa shape index (κ1) is 29.5. The van der Waals surface area contributed by atoms with Gasteiger partial charge in [0.2, 0.25) is 5.91 Å². The average molecular weight is 590 g/mol. The fourth-order valence-electron chi connectivity index (χ4n) is 6.73. The van der Waals surface area contributed by atoms with Crippen LogP contribution in [0.4, 0.5) is 5.69 Å². The van der Waals surface area contributed by atoms with Gasteiger partial charge >= 0.3 is 0 Å². The van der Waals surface area contributed by atoms with Crippen LogP contribution in [0.1, 0.15) is 75.3 Å². The summed E-state index contributed by atoms with van der Waals surface area (Å²) in [6, 6.07) is 28.6. The molecule has 0 saturated heterocycles. The van der Waals surface area contributed by atoms with Gasteiger partial charge in [-0.1, -0.05) is 91.7 Å². The van der Waals surface area contributed by atoms with Crippen LogP contribution in [0.5, 0.6) is 0 Å². The second kappa shape index (κ2) is 13.0. The maximum atomic E-state index is 13.2. The number of nitrogens with one attached hydrogen (secondary N) is 2. The molecule has 2 fully saturated rings. The first-order valence-electron chi connectivity index (χ1n) is 15.8. The van der Waals surface area contributed by atoms with E-state index in [0.717, 1.165) is 74.6 Å². The Morgan fingerprint density at radius 3 is 1.80 bits per heavy atom. The van der Waals surface area contributed by atoms with E-state index >= 15 is 0 Å². The van der Waals surface area contributed by atoms with Crippen LogP contribution < -0.4 is 10.6 Å². The van der Waals surface area contributed by atoms with Crippen LogP contribution >= 0.6 is 0 Å². The first-order valence-corrected chi connectivity index (χ1v) is 15.8. The molecule has 2 aliphatic carbocycles. The number of nitrogens with zero attached hydrogens (tertiary/aromatic N) is 3. The monoisotopic (exact) mass is 589 g/mol. The van der Waals surface area contributed by atoms with E-state index in [1.165, 1.54) is 6.42 Å². The number of carbonyl (C=O) groups is 3. The highest BCUT2D eigenvalue weighted by atomic mass is 16.2. The van der Waals surface area contributed by atoms with Crippen LogP contribution in [0.15, 0.2) is 101 Å². The molecule has 2 heterocycles. The van der Waals surface area contributed by atoms with Gasteiger partial charge in [0.05, 0.1) is 0 Å². The van der Waals surface area contributed by atoms with Gasteiger partial charge in [-0.15, -0.1) is 0 Å². The van der Waals surface area contributed by atoms with Gasteiger partial charge in [-0.05, 0) is 63.5 Å². The van der Waals surface area contributed by atoms with Gasteiger partial charge in [0.25, 0.3) is 11.8 Å². The maximum Gasteiger partial charge on any atom is 0.275 e. The van der Waals surface area contributed by atoms with Crippen molar-refractivity contribution in [1.29, 1.82) is 0 Å². The molecule has 44 heavy (non-hydrogen) atoms. The Morgan fingerprint density at radius 1 is 0.682 bits per heavy atom. The zero-order chi connectivity index (χ0) is 30.4. The first-order chi connectivity index (χ1) is 21.5. The molecule has 0 bridgehead atoms. The van der Waals surface area contributed by atoms with Crippen molar-refractivity contribution in [1.82, 2.24) is 10.2 Å². The lowest BCUT2D eigenvalue weighted by Crippen LogP contribution is -2.51. The minimum absolute atomic E-state index is 0.0156. The van der Waals surface area contributed by atoms with Gasteiger partial charge < -0.3 is 15.5 Å². The minimum Gasteiger partial charge on any atom is -0.326 e. The van der Waals surface area contributed by atoms with E-state index in [4.69, 9.17) is 4.99 Å². The van der Waals surface area contributed by atoms with Crippen molar-refractivity contribution in [2.24, 2.45) is 9.98 Å². The minimum atomic E-state index is -0.575. The van der Waals surface area contributed by atoms with E-state index in [-0.39, 0.29) is 29.9 Å². The van der Waals surface area contributed by atoms with E-state index < -0.39 is 5.66 Å². The van der Waals surface area contributed by atoms with Gasteiger partial charge in [-0.2, -0.15) is 0 Å². The molecule has 0 radical (unpaired) electrons. The molecule has 2 saturated carbocycles. The van der Waals surface area contributed by atoms with Crippen LogP contribution in [0.25, 0.3) is 0 Å². The third kappa shape index (κ3) is 6.34. The number of rotatable bonds is 5. The van der Waals surface area contributed by atoms with Crippen molar-refractivity contribution in [3.63, 3.8) is 0 Å². The second-order valence-corrected chi connectivity index (χ2v) is 12.0. The largest absolute Gasteiger partial charge is 0.326 e. The Labute approximate surface area is 258 Å². The maximum absolute atomic E-state index is 13.2. The van der Waals surface area contributed by atoms with Gasteiger partial charge in [-0.25, -0.2) is 0 Å². The summed E-state index contributed by atoms with van der Waals surface area (Å²) in [5.41, 5.74) is 2.69. The van der Waals surface area contributed by atoms with Crippen molar-refractivity contribution in [2.75, 3.05) is 11.9 Å². The van der Waals surface area contributed by atoms with Gasteiger partial charge in [0.1, 0.15) is 29.3 Å². The molecule has 2 spiro atoms. The predicted molar refractivity (Wildman–Crippen MR) is 173 cm³/mol. The fraction of sp³-hybridized carbons (Fsp3) is 0.361. The summed E-state index contributed by atoms with van der Waals surface area (Å²) >= 11 is 0. The number of carbonyl (C=O) groups excluding carboxylic acids is 3. The number of benzene rings is 3. The van der Waals surface area contributed by atoms with E-state index in [0.29, 0.717) is 11.4 Å². The van der Waals surface area contributed by atoms with E-state index in [1.807, 2.05) is 91.0 Å². The van der Waals surface area contributed by atoms with Crippen molar-refractivity contribution in [3.8, 4) is 0 Å². The highest BCUT2D eigenvalue weighted by molar-refractivity contribution is 6.47. The molecule has 0 unspecified atom stereocenters. The Balaban J connectivity index is 0.000000173. The van der Waals surface area contributed by atoms with Crippen molar-refractivity contribution in [2.45, 2.75) is 75.5 Å². The summed E-state index contributed by atoms with van der Waals surface area (Å²) in [6.07, 6.45) is 10.4.